The summed E-state index contributed by atoms with van der Waals surface area (Å²) in [6.07, 6.45) is 0. The van der Waals surface area contributed by atoms with Crippen LogP contribution in [-0.4, -0.2) is 34.5 Å². The number of nitrogens with zero attached hydrogens (tertiary/aromatic N) is 2. The molecule has 1 heterocycles. The van der Waals surface area contributed by atoms with E-state index >= 15 is 0 Å². The van der Waals surface area contributed by atoms with Gasteiger partial charge in [0.15, 0.2) is 0 Å². The smallest absolute Gasteiger partial charge is 0.480 e. The number of hydrogen-bond donors (Lipinski definition) is 1. The number of pyridine rings is 1. The van der Waals surface area contributed by atoms with Gasteiger partial charge < -0.3 is 9.29 Å². The summed E-state index contributed by atoms with van der Waals surface area (Å²) in [5.41, 5.74) is -9.48. The van der Waals surface area contributed by atoms with Crippen molar-refractivity contribution in [2.45, 2.75) is 19.0 Å². The van der Waals surface area contributed by atoms with E-state index < -0.39 is 50.1 Å². The largest absolute Gasteiger partial charge is 0.534 e. The SMILES string of the molecule is Cc1cc(OS(=O)(=O)C(F)(F)F)c([N+](=O)[O-])c(=O)n1CC(=O)O. The minimum atomic E-state index is -6.25. The first-order valence-electron chi connectivity index (χ1n) is 5.39. The second-order valence-electron chi connectivity index (χ2n) is 4.02. The summed E-state index contributed by atoms with van der Waals surface area (Å²) in [6.45, 7) is 0.0128. The molecule has 0 fully saturated rings. The van der Waals surface area contributed by atoms with Gasteiger partial charge in [-0.1, -0.05) is 0 Å². The van der Waals surface area contributed by atoms with E-state index in [4.69, 9.17) is 5.11 Å². The summed E-state index contributed by atoms with van der Waals surface area (Å²) < 4.78 is 62.6. The Kier molecular flexibility index (Phi) is 4.69. The van der Waals surface area contributed by atoms with Crippen LogP contribution < -0.4 is 9.74 Å². The molecule has 1 rings (SSSR count). The number of alkyl halides is 3. The molecule has 0 aliphatic rings. The zero-order valence-corrected chi connectivity index (χ0v) is 11.8. The number of aromatic nitrogens is 1. The summed E-state index contributed by atoms with van der Waals surface area (Å²) in [6, 6.07) is 0.450. The van der Waals surface area contributed by atoms with E-state index in [0.29, 0.717) is 10.6 Å². The Morgan fingerprint density at radius 2 is 2.00 bits per heavy atom. The van der Waals surface area contributed by atoms with E-state index in [1.54, 1.807) is 0 Å². The second kappa shape index (κ2) is 5.86. The van der Waals surface area contributed by atoms with Crippen molar-refractivity contribution < 1.29 is 40.6 Å². The Bertz CT molecular complexity index is 826. The quantitative estimate of drug-likeness (QED) is 0.343. The fraction of sp³-hybridized carbons (Fsp3) is 0.333. The number of nitro groups is 1. The zero-order valence-electron chi connectivity index (χ0n) is 11.0. The third kappa shape index (κ3) is 3.77. The molecule has 0 spiro atoms. The summed E-state index contributed by atoms with van der Waals surface area (Å²) in [5.74, 6) is -3.02. The van der Waals surface area contributed by atoms with Crippen molar-refractivity contribution in [2.75, 3.05) is 0 Å². The van der Waals surface area contributed by atoms with E-state index in [1.807, 2.05) is 0 Å². The molecule has 0 bridgehead atoms. The molecule has 1 aromatic heterocycles. The van der Waals surface area contributed by atoms with Gasteiger partial charge in [0.05, 0.1) is 4.92 Å². The van der Waals surface area contributed by atoms with Crippen LogP contribution in [0.1, 0.15) is 5.69 Å². The summed E-state index contributed by atoms with van der Waals surface area (Å²) in [7, 11) is -6.25. The van der Waals surface area contributed by atoms with Gasteiger partial charge in [-0.15, -0.1) is 0 Å². The number of carboxylic acids is 1. The molecule has 14 heteroatoms. The maximum Gasteiger partial charge on any atom is 0.534 e. The fourth-order valence-corrected chi connectivity index (χ4v) is 1.92. The molecule has 1 aromatic rings. The number of aliphatic carboxylic acids is 1. The minimum Gasteiger partial charge on any atom is -0.480 e. The molecule has 0 amide bonds. The highest BCUT2D eigenvalue weighted by atomic mass is 32.2. The lowest BCUT2D eigenvalue weighted by Gasteiger charge is -2.12. The second-order valence-corrected chi connectivity index (χ2v) is 5.56. The van der Waals surface area contributed by atoms with Crippen LogP contribution in [0.4, 0.5) is 18.9 Å². The number of rotatable bonds is 5. The fourth-order valence-electron chi connectivity index (χ4n) is 1.46. The molecule has 10 nitrogen and oxygen atoms in total. The van der Waals surface area contributed by atoms with Crippen molar-refractivity contribution in [3.63, 3.8) is 0 Å². The average Bonchev–Trinajstić information content (AvgIpc) is 2.31. The van der Waals surface area contributed by atoms with Gasteiger partial charge in [-0.2, -0.15) is 21.6 Å². The molecule has 0 saturated carbocycles. The highest BCUT2D eigenvalue weighted by Crippen LogP contribution is 2.31. The lowest BCUT2D eigenvalue weighted by atomic mass is 10.3. The van der Waals surface area contributed by atoms with Crippen LogP contribution in [0.2, 0.25) is 0 Å². The van der Waals surface area contributed by atoms with Gasteiger partial charge >= 0.3 is 32.8 Å². The topological polar surface area (TPSA) is 146 Å². The van der Waals surface area contributed by atoms with E-state index in [2.05, 4.69) is 4.18 Å². The van der Waals surface area contributed by atoms with Crippen LogP contribution >= 0.6 is 0 Å². The number of carbonyl (C=O) groups is 1. The van der Waals surface area contributed by atoms with Gasteiger partial charge in [0, 0.05) is 11.8 Å². The molecule has 23 heavy (non-hydrogen) atoms. The van der Waals surface area contributed by atoms with Crippen molar-refractivity contribution >= 4 is 21.8 Å². The lowest BCUT2D eigenvalue weighted by molar-refractivity contribution is -0.387. The van der Waals surface area contributed by atoms with E-state index in [0.717, 1.165) is 6.92 Å². The molecule has 0 radical (unpaired) electrons. The van der Waals surface area contributed by atoms with Crippen LogP contribution in [0, 0.1) is 17.0 Å². The number of aryl methyl sites for hydroxylation is 1. The van der Waals surface area contributed by atoms with Crippen molar-refractivity contribution in [1.29, 1.82) is 0 Å². The van der Waals surface area contributed by atoms with Crippen molar-refractivity contribution in [2.24, 2.45) is 0 Å². The monoisotopic (exact) mass is 360 g/mol. The maximum atomic E-state index is 12.3. The molecule has 0 saturated heterocycles. The van der Waals surface area contributed by atoms with E-state index in [1.165, 1.54) is 0 Å². The predicted molar refractivity (Wildman–Crippen MR) is 65.3 cm³/mol. The predicted octanol–water partition coefficient (Wildman–Crippen LogP) is 0.378. The molecule has 1 N–H and O–H groups in total. The summed E-state index contributed by atoms with van der Waals surface area (Å²) >= 11 is 0. The standard InChI is InChI=1S/C9H7F3N2O8S/c1-4-2-5(22-23(20,21)9(10,11)12)7(14(18)19)8(17)13(4)3-6(15)16/h2H,3H2,1H3,(H,15,16). The van der Waals surface area contributed by atoms with Crippen molar-refractivity contribution in [3.05, 3.63) is 32.2 Å². The Morgan fingerprint density at radius 1 is 1.48 bits per heavy atom. The number of hydrogen-bond acceptors (Lipinski definition) is 7. The molecular formula is C9H7F3N2O8S. The summed E-state index contributed by atoms with van der Waals surface area (Å²) in [5, 5.41) is 19.4. The minimum absolute atomic E-state index is 0.352. The highest BCUT2D eigenvalue weighted by molar-refractivity contribution is 7.88. The molecule has 0 unspecified atom stereocenters. The van der Waals surface area contributed by atoms with Gasteiger partial charge in [-0.05, 0) is 6.92 Å². The first-order chi connectivity index (χ1) is 10.3. The molecule has 0 aliphatic heterocycles. The van der Waals surface area contributed by atoms with Crippen LogP contribution in [0.15, 0.2) is 10.9 Å². The van der Waals surface area contributed by atoms with Gasteiger partial charge in [0.2, 0.25) is 5.75 Å². The Balaban J connectivity index is 3.61. The molecule has 0 atom stereocenters. The molecular weight excluding hydrogens is 353 g/mol. The van der Waals surface area contributed by atoms with Crippen LogP contribution in [0.3, 0.4) is 0 Å². The number of halogens is 3. The third-order valence-corrected chi connectivity index (χ3v) is 3.37. The van der Waals surface area contributed by atoms with Gasteiger partial charge in [-0.25, -0.2) is 0 Å². The van der Waals surface area contributed by atoms with Gasteiger partial charge in [0.25, 0.3) is 0 Å². The van der Waals surface area contributed by atoms with E-state index in [9.17, 15) is 41.3 Å². The first kappa shape index (κ1) is 18.4. The zero-order chi connectivity index (χ0) is 18.2. The third-order valence-electron chi connectivity index (χ3n) is 2.41. The van der Waals surface area contributed by atoms with Crippen molar-refractivity contribution in [1.82, 2.24) is 4.57 Å². The van der Waals surface area contributed by atoms with Gasteiger partial charge in [0.1, 0.15) is 6.54 Å². The molecule has 0 aromatic carbocycles. The lowest BCUT2D eigenvalue weighted by Crippen LogP contribution is -2.31. The highest BCUT2D eigenvalue weighted by Gasteiger charge is 2.49. The Labute approximate surface area is 125 Å². The van der Waals surface area contributed by atoms with Crippen LogP contribution in [-0.2, 0) is 21.5 Å². The first-order valence-corrected chi connectivity index (χ1v) is 6.80. The summed E-state index contributed by atoms with van der Waals surface area (Å²) in [4.78, 5) is 31.8. The molecule has 0 aliphatic carbocycles. The maximum absolute atomic E-state index is 12.3. The van der Waals surface area contributed by atoms with Gasteiger partial charge in [-0.3, -0.25) is 24.3 Å². The van der Waals surface area contributed by atoms with Crippen LogP contribution in [0.5, 0.6) is 5.75 Å². The number of carboxylic acid groups (broad SMARTS) is 1. The van der Waals surface area contributed by atoms with Crippen molar-refractivity contribution in [3.8, 4) is 5.75 Å². The van der Waals surface area contributed by atoms with E-state index in [-0.39, 0.29) is 5.69 Å². The normalized spacial score (nSPS) is 12.0. The Hall–Kier alpha value is -2.64. The average molecular weight is 360 g/mol. The van der Waals surface area contributed by atoms with Crippen LogP contribution in [0.25, 0.3) is 0 Å². The molecule has 128 valence electrons. The Morgan fingerprint density at radius 3 is 2.39 bits per heavy atom.